The molecule has 0 bridgehead atoms. The van der Waals surface area contributed by atoms with Gasteiger partial charge < -0.3 is 9.64 Å². The monoisotopic (exact) mass is 500 g/mol. The number of carbonyl (C=O) groups excluding carboxylic acids is 1. The molecule has 34 heavy (non-hydrogen) atoms. The fourth-order valence-corrected chi connectivity index (χ4v) is 5.12. The molecule has 0 saturated heterocycles. The molecule has 3 aromatic rings. The van der Waals surface area contributed by atoms with Crippen molar-refractivity contribution in [2.75, 3.05) is 25.1 Å². The Bertz CT molecular complexity index is 1260. The van der Waals surface area contributed by atoms with E-state index in [0.29, 0.717) is 18.0 Å². The molecule has 0 heterocycles. The van der Waals surface area contributed by atoms with Gasteiger partial charge in [0.05, 0.1) is 23.1 Å². The van der Waals surface area contributed by atoms with Crippen molar-refractivity contribution in [2.45, 2.75) is 32.2 Å². The van der Waals surface area contributed by atoms with Gasteiger partial charge in [0.25, 0.3) is 0 Å². The molecular formula is C26H29ClN2O4S. The summed E-state index contributed by atoms with van der Waals surface area (Å²) < 4.78 is 33.8. The van der Waals surface area contributed by atoms with Crippen LogP contribution in [0.2, 0.25) is 5.02 Å². The molecular weight excluding hydrogens is 472 g/mol. The second-order valence-corrected chi connectivity index (χ2v) is 10.4. The number of sulfonamides is 1. The standard InChI is InChI=1S/C26H29ClN2O4S/c1-5-33-25-14-13-23(16-24(25)27)34(31,32)29(17-21-9-7-6-8-10-21)18-26(30)28(4)22-12-11-19(2)20(3)15-22/h6-16H,5,17-18H2,1-4H3. The molecule has 8 heteroatoms. The van der Waals surface area contributed by atoms with Gasteiger partial charge >= 0.3 is 0 Å². The number of amides is 1. The van der Waals surface area contributed by atoms with E-state index in [9.17, 15) is 13.2 Å². The third kappa shape index (κ3) is 5.97. The fourth-order valence-electron chi connectivity index (χ4n) is 3.41. The number of halogens is 1. The van der Waals surface area contributed by atoms with Gasteiger partial charge in [-0.2, -0.15) is 4.31 Å². The molecule has 6 nitrogen and oxygen atoms in total. The molecule has 0 saturated carbocycles. The zero-order chi connectivity index (χ0) is 24.9. The van der Waals surface area contributed by atoms with Crippen molar-refractivity contribution < 1.29 is 17.9 Å². The van der Waals surface area contributed by atoms with Crippen LogP contribution in [0, 0.1) is 13.8 Å². The Balaban J connectivity index is 1.93. The van der Waals surface area contributed by atoms with Gasteiger partial charge in [-0.3, -0.25) is 4.79 Å². The highest BCUT2D eigenvalue weighted by Gasteiger charge is 2.29. The van der Waals surface area contributed by atoms with Crippen molar-refractivity contribution >= 4 is 33.2 Å². The van der Waals surface area contributed by atoms with Crippen molar-refractivity contribution in [3.05, 3.63) is 88.4 Å². The molecule has 0 fully saturated rings. The Hall–Kier alpha value is -2.87. The number of rotatable bonds is 9. The number of anilines is 1. The molecule has 0 aliphatic heterocycles. The summed E-state index contributed by atoms with van der Waals surface area (Å²) >= 11 is 6.26. The molecule has 0 aliphatic carbocycles. The van der Waals surface area contributed by atoms with Gasteiger partial charge in [0, 0.05) is 19.3 Å². The van der Waals surface area contributed by atoms with Crippen LogP contribution in [0.5, 0.6) is 5.75 Å². The Morgan fingerprint density at radius 3 is 2.29 bits per heavy atom. The topological polar surface area (TPSA) is 66.9 Å². The maximum absolute atomic E-state index is 13.6. The lowest BCUT2D eigenvalue weighted by atomic mass is 10.1. The fraction of sp³-hybridized carbons (Fsp3) is 0.269. The van der Waals surface area contributed by atoms with E-state index < -0.39 is 10.0 Å². The van der Waals surface area contributed by atoms with Crippen molar-refractivity contribution in [3.8, 4) is 5.75 Å². The zero-order valence-electron chi connectivity index (χ0n) is 19.8. The van der Waals surface area contributed by atoms with Crippen LogP contribution in [0.3, 0.4) is 0 Å². The number of carbonyl (C=O) groups is 1. The summed E-state index contributed by atoms with van der Waals surface area (Å²) in [5, 5.41) is 0.196. The maximum Gasteiger partial charge on any atom is 0.243 e. The van der Waals surface area contributed by atoms with Crippen LogP contribution in [-0.4, -0.2) is 38.8 Å². The molecule has 0 radical (unpaired) electrons. The summed E-state index contributed by atoms with van der Waals surface area (Å²) in [5.74, 6) is 0.0584. The summed E-state index contributed by atoms with van der Waals surface area (Å²) in [6, 6.07) is 19.2. The van der Waals surface area contributed by atoms with Gasteiger partial charge in [0.15, 0.2) is 0 Å². The Kier molecular flexibility index (Phi) is 8.36. The minimum atomic E-state index is -4.03. The Labute approximate surface area is 206 Å². The first-order chi connectivity index (χ1) is 16.1. The number of aryl methyl sites for hydroxylation is 2. The van der Waals surface area contributed by atoms with Gasteiger partial charge in [-0.05, 0) is 67.8 Å². The smallest absolute Gasteiger partial charge is 0.243 e. The molecule has 180 valence electrons. The van der Waals surface area contributed by atoms with Crippen molar-refractivity contribution in [1.82, 2.24) is 4.31 Å². The highest BCUT2D eigenvalue weighted by Crippen LogP contribution is 2.29. The van der Waals surface area contributed by atoms with Crippen molar-refractivity contribution in [1.29, 1.82) is 0 Å². The Morgan fingerprint density at radius 1 is 0.971 bits per heavy atom. The van der Waals surface area contributed by atoms with E-state index in [1.165, 1.54) is 27.4 Å². The van der Waals surface area contributed by atoms with Gasteiger partial charge in [0.2, 0.25) is 15.9 Å². The van der Waals surface area contributed by atoms with Crippen LogP contribution >= 0.6 is 11.6 Å². The molecule has 1 amide bonds. The van der Waals surface area contributed by atoms with E-state index in [2.05, 4.69) is 0 Å². The number of nitrogens with zero attached hydrogens (tertiary/aromatic N) is 2. The quantitative estimate of drug-likeness (QED) is 0.404. The van der Waals surface area contributed by atoms with E-state index >= 15 is 0 Å². The summed E-state index contributed by atoms with van der Waals surface area (Å²) in [6.45, 7) is 5.91. The molecule has 3 rings (SSSR count). The van der Waals surface area contributed by atoms with E-state index in [1.54, 1.807) is 7.05 Å². The first kappa shape index (κ1) is 25.7. The second kappa shape index (κ2) is 11.0. The van der Waals surface area contributed by atoms with Gasteiger partial charge in [0.1, 0.15) is 5.75 Å². The third-order valence-corrected chi connectivity index (χ3v) is 7.69. The third-order valence-electron chi connectivity index (χ3n) is 5.61. The number of hydrogen-bond donors (Lipinski definition) is 0. The average Bonchev–Trinajstić information content (AvgIpc) is 2.82. The van der Waals surface area contributed by atoms with Crippen LogP contribution in [0.25, 0.3) is 0 Å². The largest absolute Gasteiger partial charge is 0.492 e. The number of hydrogen-bond acceptors (Lipinski definition) is 4. The molecule has 3 aromatic carbocycles. The highest BCUT2D eigenvalue weighted by molar-refractivity contribution is 7.89. The number of benzene rings is 3. The minimum Gasteiger partial charge on any atom is -0.492 e. The van der Waals surface area contributed by atoms with Gasteiger partial charge in [-0.25, -0.2) is 8.42 Å². The second-order valence-electron chi connectivity index (χ2n) is 8.01. The maximum atomic E-state index is 13.6. The first-order valence-electron chi connectivity index (χ1n) is 10.9. The molecule has 0 spiro atoms. The Morgan fingerprint density at radius 2 is 1.68 bits per heavy atom. The predicted octanol–water partition coefficient (Wildman–Crippen LogP) is 5.21. The van der Waals surface area contributed by atoms with E-state index in [-0.39, 0.29) is 28.9 Å². The van der Waals surface area contributed by atoms with Crippen LogP contribution in [0.1, 0.15) is 23.6 Å². The van der Waals surface area contributed by atoms with Crippen LogP contribution < -0.4 is 9.64 Å². The first-order valence-corrected chi connectivity index (χ1v) is 12.8. The van der Waals surface area contributed by atoms with E-state index in [0.717, 1.165) is 16.7 Å². The van der Waals surface area contributed by atoms with E-state index in [4.69, 9.17) is 16.3 Å². The molecule has 0 atom stereocenters. The van der Waals surface area contributed by atoms with Crippen molar-refractivity contribution in [3.63, 3.8) is 0 Å². The summed E-state index contributed by atoms with van der Waals surface area (Å²) in [6.07, 6.45) is 0. The van der Waals surface area contributed by atoms with E-state index in [1.807, 2.05) is 69.3 Å². The predicted molar refractivity (Wildman–Crippen MR) is 136 cm³/mol. The average molecular weight is 501 g/mol. The van der Waals surface area contributed by atoms with Gasteiger partial charge in [-0.15, -0.1) is 0 Å². The summed E-state index contributed by atoms with van der Waals surface area (Å²) in [5.41, 5.74) is 3.64. The molecule has 0 unspecified atom stereocenters. The highest BCUT2D eigenvalue weighted by atomic mass is 35.5. The normalized spacial score (nSPS) is 11.5. The lowest BCUT2D eigenvalue weighted by molar-refractivity contribution is -0.118. The lowest BCUT2D eigenvalue weighted by Crippen LogP contribution is -2.41. The van der Waals surface area contributed by atoms with Crippen molar-refractivity contribution in [2.24, 2.45) is 0 Å². The molecule has 0 aromatic heterocycles. The van der Waals surface area contributed by atoms with Crippen LogP contribution in [0.4, 0.5) is 5.69 Å². The summed E-state index contributed by atoms with van der Waals surface area (Å²) in [4.78, 5) is 14.7. The zero-order valence-corrected chi connectivity index (χ0v) is 21.4. The lowest BCUT2D eigenvalue weighted by Gasteiger charge is -2.25. The van der Waals surface area contributed by atoms with Crippen LogP contribution in [0.15, 0.2) is 71.6 Å². The summed E-state index contributed by atoms with van der Waals surface area (Å²) in [7, 11) is -2.39. The molecule has 0 N–H and O–H groups in total. The molecule has 0 aliphatic rings. The number of likely N-dealkylation sites (N-methyl/N-ethyl adjacent to an activating group) is 1. The van der Waals surface area contributed by atoms with Gasteiger partial charge in [-0.1, -0.05) is 48.0 Å². The number of ether oxygens (including phenoxy) is 1. The van der Waals surface area contributed by atoms with Crippen LogP contribution in [-0.2, 0) is 21.4 Å². The SMILES string of the molecule is CCOc1ccc(S(=O)(=O)N(CC(=O)N(C)c2ccc(C)c(C)c2)Cc2ccccc2)cc1Cl. The minimum absolute atomic E-state index is 0.00137.